The van der Waals surface area contributed by atoms with Crippen LogP contribution in [-0.4, -0.2) is 30.5 Å². The van der Waals surface area contributed by atoms with Crippen molar-refractivity contribution >= 4 is 5.97 Å². The van der Waals surface area contributed by atoms with Crippen molar-refractivity contribution in [3.63, 3.8) is 0 Å². The molecule has 0 fully saturated rings. The van der Waals surface area contributed by atoms with Gasteiger partial charge in [-0.05, 0) is 50.4 Å². The van der Waals surface area contributed by atoms with Crippen LogP contribution in [-0.2, 0) is 4.79 Å². The number of hydrogen-bond acceptors (Lipinski definition) is 3. The van der Waals surface area contributed by atoms with Crippen molar-refractivity contribution in [2.24, 2.45) is 11.8 Å². The van der Waals surface area contributed by atoms with Crippen molar-refractivity contribution in [1.29, 1.82) is 0 Å². The van der Waals surface area contributed by atoms with Gasteiger partial charge >= 0.3 is 51.4 Å². The summed E-state index contributed by atoms with van der Waals surface area (Å²) >= 11 is 0. The molecule has 0 aromatic heterocycles. The number of nitrogens with zero attached hydrogens (tertiary/aromatic N) is 1. The summed E-state index contributed by atoms with van der Waals surface area (Å²) < 4.78 is 0. The summed E-state index contributed by atoms with van der Waals surface area (Å²) in [5.41, 5.74) is 0. The van der Waals surface area contributed by atoms with Crippen LogP contribution in [0.25, 0.3) is 0 Å². The molecule has 0 aliphatic heterocycles. The fraction of sp³-hybridized carbons (Fsp3) is 0.808. The predicted molar refractivity (Wildman–Crippen MR) is 125 cm³/mol. The van der Waals surface area contributed by atoms with Crippen LogP contribution in [0.5, 0.6) is 0 Å². The molecular formula is C26H48KNO2. The van der Waals surface area contributed by atoms with Crippen LogP contribution in [0.1, 0.15) is 105 Å². The van der Waals surface area contributed by atoms with Crippen molar-refractivity contribution in [3.05, 3.63) is 24.3 Å². The van der Waals surface area contributed by atoms with Gasteiger partial charge in [0.2, 0.25) is 0 Å². The van der Waals surface area contributed by atoms with Gasteiger partial charge in [0.15, 0.2) is 0 Å². The fourth-order valence-corrected chi connectivity index (χ4v) is 3.74. The first-order valence-corrected chi connectivity index (χ1v) is 12.3. The third-order valence-corrected chi connectivity index (χ3v) is 5.81. The van der Waals surface area contributed by atoms with E-state index < -0.39 is 5.97 Å². The maximum atomic E-state index is 11.3. The Morgan fingerprint density at radius 2 is 1.17 bits per heavy atom. The van der Waals surface area contributed by atoms with Crippen LogP contribution >= 0.6 is 0 Å². The summed E-state index contributed by atoms with van der Waals surface area (Å²) in [5.74, 6) is 0.155. The summed E-state index contributed by atoms with van der Waals surface area (Å²) in [7, 11) is 0. The van der Waals surface area contributed by atoms with Gasteiger partial charge in [-0.3, -0.25) is 4.90 Å². The molecule has 0 amide bonds. The monoisotopic (exact) mass is 445 g/mol. The quantitative estimate of drug-likeness (QED) is 0.164. The van der Waals surface area contributed by atoms with Gasteiger partial charge in [-0.15, -0.1) is 0 Å². The van der Waals surface area contributed by atoms with Crippen LogP contribution < -0.4 is 56.5 Å². The molecule has 2 unspecified atom stereocenters. The first-order chi connectivity index (χ1) is 14.1. The van der Waals surface area contributed by atoms with Crippen molar-refractivity contribution < 1.29 is 61.3 Å². The molecule has 0 saturated carbocycles. The molecule has 0 heterocycles. The van der Waals surface area contributed by atoms with Crippen LogP contribution in [0.15, 0.2) is 24.3 Å². The SMILES string of the molecule is CCCC/C=C/CCC(CC)CN(CC(=O)[O-])CC(CC)CC/C=C/CCCC.[K+]. The van der Waals surface area contributed by atoms with E-state index in [-0.39, 0.29) is 57.9 Å². The molecule has 0 aromatic rings. The van der Waals surface area contributed by atoms with Crippen molar-refractivity contribution in [2.75, 3.05) is 19.6 Å². The first kappa shape index (κ1) is 32.7. The molecule has 0 radical (unpaired) electrons. The molecule has 0 saturated heterocycles. The molecule has 30 heavy (non-hydrogen) atoms. The van der Waals surface area contributed by atoms with Gasteiger partial charge in [-0.2, -0.15) is 0 Å². The normalized spacial score (nSPS) is 13.8. The Balaban J connectivity index is 0. The second-order valence-corrected chi connectivity index (χ2v) is 8.50. The number of carboxylic acid groups (broad SMARTS) is 1. The number of carboxylic acids is 1. The van der Waals surface area contributed by atoms with Crippen LogP contribution in [0.3, 0.4) is 0 Å². The van der Waals surface area contributed by atoms with Gasteiger partial charge in [0.25, 0.3) is 0 Å². The Morgan fingerprint density at radius 1 is 0.767 bits per heavy atom. The largest absolute Gasteiger partial charge is 1.00 e. The van der Waals surface area contributed by atoms with Crippen LogP contribution in [0, 0.1) is 11.8 Å². The fourth-order valence-electron chi connectivity index (χ4n) is 3.74. The minimum atomic E-state index is -0.950. The zero-order valence-electron chi connectivity index (χ0n) is 20.8. The molecule has 3 nitrogen and oxygen atoms in total. The number of allylic oxidation sites excluding steroid dienone is 4. The van der Waals surface area contributed by atoms with Gasteiger partial charge in [0.1, 0.15) is 0 Å². The Labute approximate surface area is 230 Å². The zero-order valence-corrected chi connectivity index (χ0v) is 24.0. The van der Waals surface area contributed by atoms with Crippen molar-refractivity contribution in [3.8, 4) is 0 Å². The average molecular weight is 446 g/mol. The summed E-state index contributed by atoms with van der Waals surface area (Å²) in [6, 6.07) is 0. The van der Waals surface area contributed by atoms with E-state index in [1.165, 1.54) is 38.5 Å². The summed E-state index contributed by atoms with van der Waals surface area (Å²) in [4.78, 5) is 13.4. The van der Waals surface area contributed by atoms with Gasteiger partial charge < -0.3 is 9.90 Å². The number of hydrogen-bond donors (Lipinski definition) is 0. The maximum Gasteiger partial charge on any atom is 1.00 e. The number of unbranched alkanes of at least 4 members (excludes halogenated alkanes) is 4. The Morgan fingerprint density at radius 3 is 1.50 bits per heavy atom. The maximum absolute atomic E-state index is 11.3. The van der Waals surface area contributed by atoms with E-state index in [9.17, 15) is 9.90 Å². The summed E-state index contributed by atoms with van der Waals surface area (Å²) in [5, 5.41) is 11.3. The van der Waals surface area contributed by atoms with E-state index in [2.05, 4.69) is 56.9 Å². The molecule has 0 bridgehead atoms. The molecule has 0 spiro atoms. The molecule has 0 N–H and O–H groups in total. The standard InChI is InChI=1S/C26H49NO2.K/c1-5-9-11-13-15-17-19-24(7-3)21-27(23-26(28)29)22-25(8-4)20-18-16-14-12-10-6-2;/h13-16,24-25H,5-12,17-23H2,1-4H3,(H,28,29);/q;+1/p-1/b15-13+,16-14+;. The van der Waals surface area contributed by atoms with Crippen LogP contribution in [0.4, 0.5) is 0 Å². The third kappa shape index (κ3) is 20.4. The summed E-state index contributed by atoms with van der Waals surface area (Å²) in [6.45, 7) is 10.7. The van der Waals surface area contributed by atoms with Gasteiger partial charge in [0, 0.05) is 19.6 Å². The van der Waals surface area contributed by atoms with E-state index >= 15 is 0 Å². The number of rotatable bonds is 20. The molecule has 4 heteroatoms. The van der Waals surface area contributed by atoms with E-state index in [0.29, 0.717) is 11.8 Å². The number of aliphatic carboxylic acids is 1. The number of carbonyl (C=O) groups excluding carboxylic acids is 1. The molecule has 170 valence electrons. The zero-order chi connectivity index (χ0) is 21.7. The van der Waals surface area contributed by atoms with E-state index in [4.69, 9.17) is 0 Å². The Bertz CT molecular complexity index is 405. The smallest absolute Gasteiger partial charge is 0.549 e. The van der Waals surface area contributed by atoms with Gasteiger partial charge in [-0.25, -0.2) is 0 Å². The van der Waals surface area contributed by atoms with Gasteiger partial charge in [-0.1, -0.05) is 90.5 Å². The Hall–Kier alpha value is 0.546. The first-order valence-electron chi connectivity index (χ1n) is 12.3. The third-order valence-electron chi connectivity index (χ3n) is 5.81. The average Bonchev–Trinajstić information content (AvgIpc) is 2.70. The van der Waals surface area contributed by atoms with Gasteiger partial charge in [0.05, 0.1) is 5.97 Å². The van der Waals surface area contributed by atoms with Crippen molar-refractivity contribution in [2.45, 2.75) is 105 Å². The van der Waals surface area contributed by atoms with Crippen molar-refractivity contribution in [1.82, 2.24) is 4.90 Å². The second kappa shape index (κ2) is 24.2. The summed E-state index contributed by atoms with van der Waals surface area (Å²) in [6.07, 6.45) is 23.3. The molecule has 0 aliphatic carbocycles. The Kier molecular flexibility index (Phi) is 26.4. The molecule has 0 aromatic carbocycles. The minimum absolute atomic E-state index is 0. The molecule has 0 aliphatic rings. The van der Waals surface area contributed by atoms with Crippen LogP contribution in [0.2, 0.25) is 0 Å². The van der Waals surface area contributed by atoms with E-state index in [1.54, 1.807) is 0 Å². The predicted octanol–water partition coefficient (Wildman–Crippen LogP) is 3.15. The minimum Gasteiger partial charge on any atom is -0.549 e. The molecule has 2 atom stereocenters. The van der Waals surface area contributed by atoms with E-state index in [1.807, 2.05) is 0 Å². The van der Waals surface area contributed by atoms with E-state index in [0.717, 1.165) is 51.6 Å². The topological polar surface area (TPSA) is 43.4 Å². The molecule has 0 rings (SSSR count). The molecular weight excluding hydrogens is 397 g/mol. The second-order valence-electron chi connectivity index (χ2n) is 8.50. The number of carbonyl (C=O) groups is 1.